The van der Waals surface area contributed by atoms with Crippen LogP contribution in [0.2, 0.25) is 5.02 Å². The van der Waals surface area contributed by atoms with E-state index in [1.54, 1.807) is 11.8 Å². The van der Waals surface area contributed by atoms with Crippen LogP contribution in [-0.2, 0) is 6.42 Å². The maximum absolute atomic E-state index is 6.16. The van der Waals surface area contributed by atoms with E-state index in [4.69, 9.17) is 16.6 Å². The van der Waals surface area contributed by atoms with Gasteiger partial charge < -0.3 is 5.32 Å². The molecule has 22 heavy (non-hydrogen) atoms. The molecular formula is C18H19ClN2S. The first-order valence-electron chi connectivity index (χ1n) is 7.46. The van der Waals surface area contributed by atoms with Gasteiger partial charge in [-0.25, -0.2) is 0 Å². The highest BCUT2D eigenvalue weighted by Gasteiger charge is 2.16. The topological polar surface area (TPSA) is 24.4 Å². The second kappa shape index (κ2) is 7.21. The third-order valence-electron chi connectivity index (χ3n) is 3.64. The van der Waals surface area contributed by atoms with Crippen LogP contribution < -0.4 is 5.32 Å². The maximum atomic E-state index is 6.16. The SMILES string of the molecule is Cc1cccc(CC(/N=C2/NCCS2)c2cccc(Cl)c2)c1. The smallest absolute Gasteiger partial charge is 0.157 e. The molecule has 1 N–H and O–H groups in total. The molecule has 1 fully saturated rings. The molecule has 1 atom stereocenters. The van der Waals surface area contributed by atoms with Crippen molar-refractivity contribution in [2.24, 2.45) is 4.99 Å². The van der Waals surface area contributed by atoms with E-state index in [0.29, 0.717) is 0 Å². The Hall–Kier alpha value is -1.45. The maximum Gasteiger partial charge on any atom is 0.157 e. The van der Waals surface area contributed by atoms with Gasteiger partial charge in [0.1, 0.15) is 0 Å². The van der Waals surface area contributed by atoms with E-state index in [0.717, 1.165) is 34.5 Å². The molecule has 1 aliphatic heterocycles. The van der Waals surface area contributed by atoms with Crippen molar-refractivity contribution in [2.75, 3.05) is 12.3 Å². The van der Waals surface area contributed by atoms with Crippen LogP contribution in [-0.4, -0.2) is 17.5 Å². The Kier molecular flexibility index (Phi) is 5.06. The van der Waals surface area contributed by atoms with Crippen molar-refractivity contribution in [1.29, 1.82) is 0 Å². The van der Waals surface area contributed by atoms with Gasteiger partial charge in [-0.1, -0.05) is 65.3 Å². The van der Waals surface area contributed by atoms with E-state index >= 15 is 0 Å². The third kappa shape index (κ3) is 4.05. The van der Waals surface area contributed by atoms with Crippen LogP contribution in [0.25, 0.3) is 0 Å². The Morgan fingerprint density at radius 1 is 1.23 bits per heavy atom. The van der Waals surface area contributed by atoms with Crippen molar-refractivity contribution in [3.05, 3.63) is 70.2 Å². The highest BCUT2D eigenvalue weighted by molar-refractivity contribution is 8.14. The number of nitrogens with zero attached hydrogens (tertiary/aromatic N) is 1. The van der Waals surface area contributed by atoms with E-state index in [9.17, 15) is 0 Å². The molecule has 0 spiro atoms. The van der Waals surface area contributed by atoms with Gasteiger partial charge >= 0.3 is 0 Å². The number of benzene rings is 2. The van der Waals surface area contributed by atoms with Gasteiger partial charge in [0.2, 0.25) is 0 Å². The molecule has 0 aliphatic carbocycles. The zero-order chi connectivity index (χ0) is 15.4. The Labute approximate surface area is 141 Å². The van der Waals surface area contributed by atoms with Gasteiger partial charge in [-0.15, -0.1) is 0 Å². The molecule has 114 valence electrons. The number of thioether (sulfide) groups is 1. The summed E-state index contributed by atoms with van der Waals surface area (Å²) >= 11 is 7.95. The average Bonchev–Trinajstić information content (AvgIpc) is 3.00. The number of halogens is 1. The first-order valence-corrected chi connectivity index (χ1v) is 8.82. The lowest BCUT2D eigenvalue weighted by Gasteiger charge is -2.15. The lowest BCUT2D eigenvalue weighted by Crippen LogP contribution is -2.15. The number of amidine groups is 1. The molecule has 0 amide bonds. The van der Waals surface area contributed by atoms with Crippen LogP contribution in [0.3, 0.4) is 0 Å². The molecule has 4 heteroatoms. The van der Waals surface area contributed by atoms with Gasteiger partial charge in [-0.2, -0.15) is 0 Å². The second-order valence-electron chi connectivity index (χ2n) is 5.47. The molecule has 0 radical (unpaired) electrons. The van der Waals surface area contributed by atoms with Crippen molar-refractivity contribution >= 4 is 28.5 Å². The largest absolute Gasteiger partial charge is 0.364 e. The van der Waals surface area contributed by atoms with Gasteiger partial charge in [-0.05, 0) is 36.6 Å². The van der Waals surface area contributed by atoms with Gasteiger partial charge in [-0.3, -0.25) is 4.99 Å². The average molecular weight is 331 g/mol. The molecule has 2 nitrogen and oxygen atoms in total. The predicted molar refractivity (Wildman–Crippen MR) is 97.0 cm³/mol. The van der Waals surface area contributed by atoms with E-state index in [1.165, 1.54) is 11.1 Å². The van der Waals surface area contributed by atoms with Gasteiger partial charge in [0.05, 0.1) is 6.04 Å². The zero-order valence-electron chi connectivity index (χ0n) is 12.6. The van der Waals surface area contributed by atoms with Crippen LogP contribution in [0.1, 0.15) is 22.7 Å². The quantitative estimate of drug-likeness (QED) is 0.884. The summed E-state index contributed by atoms with van der Waals surface area (Å²) in [5.74, 6) is 1.09. The number of nitrogens with one attached hydrogen (secondary N) is 1. The predicted octanol–water partition coefficient (Wildman–Crippen LogP) is 4.62. The van der Waals surface area contributed by atoms with Gasteiger partial charge in [0, 0.05) is 17.3 Å². The van der Waals surface area contributed by atoms with Crippen LogP contribution >= 0.6 is 23.4 Å². The summed E-state index contributed by atoms with van der Waals surface area (Å²) in [5.41, 5.74) is 3.75. The minimum atomic E-state index is 0.0913. The minimum absolute atomic E-state index is 0.0913. The number of aryl methyl sites for hydroxylation is 1. The molecule has 2 aromatic rings. The van der Waals surface area contributed by atoms with Crippen molar-refractivity contribution in [2.45, 2.75) is 19.4 Å². The lowest BCUT2D eigenvalue weighted by atomic mass is 9.98. The Morgan fingerprint density at radius 2 is 2.09 bits per heavy atom. The van der Waals surface area contributed by atoms with Gasteiger partial charge in [0.25, 0.3) is 0 Å². The van der Waals surface area contributed by atoms with E-state index in [-0.39, 0.29) is 6.04 Å². The highest BCUT2D eigenvalue weighted by Crippen LogP contribution is 2.27. The molecule has 1 heterocycles. The first-order chi connectivity index (χ1) is 10.7. The number of hydrogen-bond donors (Lipinski definition) is 1. The number of hydrogen-bond acceptors (Lipinski definition) is 2. The number of rotatable bonds is 4. The molecule has 1 aliphatic rings. The zero-order valence-corrected chi connectivity index (χ0v) is 14.1. The fourth-order valence-electron chi connectivity index (χ4n) is 2.60. The van der Waals surface area contributed by atoms with Crippen LogP contribution in [0, 0.1) is 6.92 Å². The monoisotopic (exact) mass is 330 g/mol. The number of aliphatic imine (C=N–C) groups is 1. The molecule has 0 bridgehead atoms. The Balaban J connectivity index is 1.90. The summed E-state index contributed by atoms with van der Waals surface area (Å²) in [7, 11) is 0. The fourth-order valence-corrected chi connectivity index (χ4v) is 3.60. The summed E-state index contributed by atoms with van der Waals surface area (Å²) in [6.07, 6.45) is 0.883. The normalized spacial score (nSPS) is 17.5. The van der Waals surface area contributed by atoms with Gasteiger partial charge in [0.15, 0.2) is 5.17 Å². The summed E-state index contributed by atoms with van der Waals surface area (Å²) in [5, 5.41) is 5.15. The Morgan fingerprint density at radius 3 is 2.82 bits per heavy atom. The summed E-state index contributed by atoms with van der Waals surface area (Å²) in [6, 6.07) is 16.7. The Bertz CT molecular complexity index is 676. The van der Waals surface area contributed by atoms with Crippen molar-refractivity contribution in [3.63, 3.8) is 0 Å². The van der Waals surface area contributed by atoms with Crippen molar-refractivity contribution in [1.82, 2.24) is 5.32 Å². The van der Waals surface area contributed by atoms with E-state index in [2.05, 4.69) is 42.6 Å². The molecule has 3 rings (SSSR count). The molecule has 1 unspecified atom stereocenters. The second-order valence-corrected chi connectivity index (χ2v) is 6.99. The van der Waals surface area contributed by atoms with E-state index in [1.807, 2.05) is 18.2 Å². The molecule has 0 saturated carbocycles. The van der Waals surface area contributed by atoms with Crippen molar-refractivity contribution in [3.8, 4) is 0 Å². The molecule has 2 aromatic carbocycles. The minimum Gasteiger partial charge on any atom is -0.364 e. The third-order valence-corrected chi connectivity index (χ3v) is 4.80. The lowest BCUT2D eigenvalue weighted by molar-refractivity contribution is 0.721. The van der Waals surface area contributed by atoms with Crippen molar-refractivity contribution < 1.29 is 0 Å². The first kappa shape index (κ1) is 15.4. The molecule has 0 aromatic heterocycles. The summed E-state index contributed by atoms with van der Waals surface area (Å²) < 4.78 is 0. The standard InChI is InChI=1S/C18H19ClN2S/c1-13-4-2-5-14(10-13)11-17(21-18-20-8-9-22-18)15-6-3-7-16(19)12-15/h2-7,10,12,17H,8-9,11H2,1H3,(H,20,21). The molecular weight excluding hydrogens is 312 g/mol. The summed E-state index contributed by atoms with van der Waals surface area (Å²) in [4.78, 5) is 4.92. The van der Waals surface area contributed by atoms with E-state index < -0.39 is 0 Å². The summed E-state index contributed by atoms with van der Waals surface area (Å²) in [6.45, 7) is 3.12. The van der Waals surface area contributed by atoms with Crippen LogP contribution in [0.15, 0.2) is 53.5 Å². The molecule has 1 saturated heterocycles. The van der Waals surface area contributed by atoms with Crippen LogP contribution in [0.5, 0.6) is 0 Å². The fraction of sp³-hybridized carbons (Fsp3) is 0.278. The van der Waals surface area contributed by atoms with Crippen LogP contribution in [0.4, 0.5) is 0 Å². The highest BCUT2D eigenvalue weighted by atomic mass is 35.5.